The first-order chi connectivity index (χ1) is 10.3. The molecule has 1 aliphatic heterocycles. The Balaban J connectivity index is 0.000000422. The van der Waals surface area contributed by atoms with Crippen LogP contribution in [0.15, 0.2) is 30.3 Å². The third-order valence-corrected chi connectivity index (χ3v) is 3.36. The fourth-order valence-electron chi connectivity index (χ4n) is 2.48. The second-order valence-electron chi connectivity index (χ2n) is 4.92. The molecule has 22 heavy (non-hydrogen) atoms. The van der Waals surface area contributed by atoms with Crippen molar-refractivity contribution in [1.82, 2.24) is 5.32 Å². The van der Waals surface area contributed by atoms with Gasteiger partial charge in [0.1, 0.15) is 0 Å². The van der Waals surface area contributed by atoms with E-state index < -0.39 is 10.4 Å². The molecule has 7 nitrogen and oxygen atoms in total. The van der Waals surface area contributed by atoms with Gasteiger partial charge in [0, 0.05) is 6.04 Å². The summed E-state index contributed by atoms with van der Waals surface area (Å²) in [6.45, 7) is 0.991. The largest absolute Gasteiger partial charge is 0.469 e. The van der Waals surface area contributed by atoms with Gasteiger partial charge in [-0.2, -0.15) is 8.42 Å². The second-order valence-corrected chi connectivity index (χ2v) is 5.81. The minimum Gasteiger partial charge on any atom is -0.469 e. The molecule has 0 saturated carbocycles. The van der Waals surface area contributed by atoms with Gasteiger partial charge in [-0.25, -0.2) is 0 Å². The smallest absolute Gasteiger partial charge is 0.394 e. The number of hydrogen-bond donors (Lipinski definition) is 3. The van der Waals surface area contributed by atoms with Gasteiger partial charge in [-0.15, -0.1) is 0 Å². The monoisotopic (exact) mass is 331 g/mol. The fraction of sp³-hybridized carbons (Fsp3) is 0.500. The van der Waals surface area contributed by atoms with E-state index in [9.17, 15) is 4.79 Å². The first-order valence-corrected chi connectivity index (χ1v) is 8.28. The molecule has 0 amide bonds. The molecule has 2 rings (SSSR count). The molecule has 1 aromatic carbocycles. The number of piperidine rings is 1. The van der Waals surface area contributed by atoms with E-state index in [1.807, 2.05) is 30.3 Å². The van der Waals surface area contributed by atoms with Gasteiger partial charge in [0.2, 0.25) is 0 Å². The summed E-state index contributed by atoms with van der Waals surface area (Å²) in [5, 5.41) is 3.43. The molecule has 0 bridgehead atoms. The minimum atomic E-state index is -4.67. The highest BCUT2D eigenvalue weighted by Gasteiger charge is 2.31. The van der Waals surface area contributed by atoms with Gasteiger partial charge in [0.05, 0.1) is 13.0 Å². The summed E-state index contributed by atoms with van der Waals surface area (Å²) >= 11 is 0. The van der Waals surface area contributed by atoms with Crippen LogP contribution in [0.4, 0.5) is 0 Å². The molecule has 0 radical (unpaired) electrons. The number of carbonyl (C=O) groups excluding carboxylic acids is 1. The van der Waals surface area contributed by atoms with E-state index in [4.69, 9.17) is 22.3 Å². The Morgan fingerprint density at radius 3 is 2.32 bits per heavy atom. The molecule has 1 saturated heterocycles. The lowest BCUT2D eigenvalue weighted by atomic mass is 9.86. The molecule has 2 unspecified atom stereocenters. The van der Waals surface area contributed by atoms with Crippen molar-refractivity contribution < 1.29 is 27.1 Å². The summed E-state index contributed by atoms with van der Waals surface area (Å²) in [4.78, 5) is 11.9. The zero-order chi connectivity index (χ0) is 16.6. The number of benzene rings is 1. The maximum Gasteiger partial charge on any atom is 0.394 e. The highest BCUT2D eigenvalue weighted by Crippen LogP contribution is 2.26. The van der Waals surface area contributed by atoms with Crippen molar-refractivity contribution in [2.75, 3.05) is 13.7 Å². The molecule has 3 N–H and O–H groups in total. The van der Waals surface area contributed by atoms with Crippen LogP contribution in [0.1, 0.15) is 30.7 Å². The van der Waals surface area contributed by atoms with Crippen molar-refractivity contribution in [3.63, 3.8) is 0 Å². The quantitative estimate of drug-likeness (QED) is 0.567. The van der Waals surface area contributed by atoms with Crippen LogP contribution in [0.3, 0.4) is 0 Å². The average Bonchev–Trinajstić information content (AvgIpc) is 2.48. The first kappa shape index (κ1) is 18.6. The van der Waals surface area contributed by atoms with Crippen LogP contribution in [0.2, 0.25) is 0 Å². The summed E-state index contributed by atoms with van der Waals surface area (Å²) in [5.74, 6) is -0.322. The Morgan fingerprint density at radius 2 is 1.86 bits per heavy atom. The van der Waals surface area contributed by atoms with Crippen molar-refractivity contribution in [2.24, 2.45) is 0 Å². The third-order valence-electron chi connectivity index (χ3n) is 3.36. The van der Waals surface area contributed by atoms with Crippen LogP contribution < -0.4 is 5.32 Å². The van der Waals surface area contributed by atoms with E-state index in [2.05, 4.69) is 5.32 Å². The Hall–Kier alpha value is -1.48. The zero-order valence-corrected chi connectivity index (χ0v) is 13.1. The van der Waals surface area contributed by atoms with Gasteiger partial charge in [-0.05, 0) is 24.9 Å². The molecular formula is C14H21NO6S. The molecule has 124 valence electrons. The van der Waals surface area contributed by atoms with Gasteiger partial charge >= 0.3 is 16.4 Å². The van der Waals surface area contributed by atoms with Crippen LogP contribution in [0, 0.1) is 0 Å². The number of rotatable bonds is 3. The van der Waals surface area contributed by atoms with Crippen LogP contribution in [0.25, 0.3) is 0 Å². The SMILES string of the molecule is COC(=O)C(c1ccccc1)C1CCCCN1.O=S(=O)(O)O. The van der Waals surface area contributed by atoms with Crippen molar-refractivity contribution in [3.8, 4) is 0 Å². The predicted octanol–water partition coefficient (Wildman–Crippen LogP) is 1.43. The van der Waals surface area contributed by atoms with Gasteiger partial charge < -0.3 is 10.1 Å². The molecule has 0 aromatic heterocycles. The lowest BCUT2D eigenvalue weighted by Crippen LogP contribution is -2.42. The lowest BCUT2D eigenvalue weighted by molar-refractivity contribution is -0.143. The predicted molar refractivity (Wildman–Crippen MR) is 81.0 cm³/mol. The summed E-state index contributed by atoms with van der Waals surface area (Å²) < 4.78 is 36.5. The van der Waals surface area contributed by atoms with E-state index in [0.717, 1.165) is 18.5 Å². The van der Waals surface area contributed by atoms with E-state index in [-0.39, 0.29) is 17.9 Å². The van der Waals surface area contributed by atoms with Crippen LogP contribution in [-0.4, -0.2) is 43.2 Å². The number of nitrogens with one attached hydrogen (secondary N) is 1. The number of hydrogen-bond acceptors (Lipinski definition) is 5. The highest BCUT2D eigenvalue weighted by molar-refractivity contribution is 7.79. The Labute approximate surface area is 130 Å². The van der Waals surface area contributed by atoms with Crippen molar-refractivity contribution in [2.45, 2.75) is 31.2 Å². The van der Waals surface area contributed by atoms with Crippen molar-refractivity contribution in [3.05, 3.63) is 35.9 Å². The molecule has 1 aromatic rings. The maximum atomic E-state index is 11.9. The van der Waals surface area contributed by atoms with Crippen molar-refractivity contribution >= 4 is 16.4 Å². The van der Waals surface area contributed by atoms with Gasteiger partial charge in [0.15, 0.2) is 0 Å². The maximum absolute atomic E-state index is 11.9. The molecule has 1 fully saturated rings. The number of esters is 1. The highest BCUT2D eigenvalue weighted by atomic mass is 32.3. The average molecular weight is 331 g/mol. The summed E-state index contributed by atoms with van der Waals surface area (Å²) in [6.07, 6.45) is 3.41. The van der Waals surface area contributed by atoms with E-state index in [1.165, 1.54) is 20.0 Å². The second kappa shape index (κ2) is 8.84. The number of ether oxygens (including phenoxy) is 1. The number of carbonyl (C=O) groups is 1. The van der Waals surface area contributed by atoms with E-state index in [1.54, 1.807) is 0 Å². The van der Waals surface area contributed by atoms with Gasteiger partial charge in [-0.3, -0.25) is 13.9 Å². The van der Waals surface area contributed by atoms with E-state index in [0.29, 0.717) is 0 Å². The van der Waals surface area contributed by atoms with Crippen LogP contribution in [0.5, 0.6) is 0 Å². The Kier molecular flexibility index (Phi) is 7.46. The fourth-order valence-corrected chi connectivity index (χ4v) is 2.48. The first-order valence-electron chi connectivity index (χ1n) is 6.89. The lowest BCUT2D eigenvalue weighted by Gasteiger charge is -2.29. The Bertz CT molecular complexity index is 546. The van der Waals surface area contributed by atoms with Crippen LogP contribution >= 0.6 is 0 Å². The van der Waals surface area contributed by atoms with Gasteiger partial charge in [0.25, 0.3) is 0 Å². The summed E-state index contributed by atoms with van der Waals surface area (Å²) in [6, 6.07) is 10.1. The molecule has 0 aliphatic carbocycles. The molecule has 1 heterocycles. The molecular weight excluding hydrogens is 310 g/mol. The number of methoxy groups -OCH3 is 1. The molecule has 0 spiro atoms. The van der Waals surface area contributed by atoms with Gasteiger partial charge in [-0.1, -0.05) is 36.8 Å². The molecule has 1 aliphatic rings. The van der Waals surface area contributed by atoms with E-state index >= 15 is 0 Å². The molecule has 8 heteroatoms. The zero-order valence-electron chi connectivity index (χ0n) is 12.3. The minimum absolute atomic E-state index is 0.143. The summed E-state index contributed by atoms with van der Waals surface area (Å²) in [7, 11) is -3.21. The normalized spacial score (nSPS) is 19.5. The third kappa shape index (κ3) is 6.99. The Morgan fingerprint density at radius 1 is 1.27 bits per heavy atom. The standard InChI is InChI=1S/C14H19NO2.H2O4S/c1-17-14(16)13(11-7-3-2-4-8-11)12-9-5-6-10-15-12;1-5(2,3)4/h2-4,7-8,12-13,15H,5-6,9-10H2,1H3;(H2,1,2,3,4). The topological polar surface area (TPSA) is 113 Å². The summed E-state index contributed by atoms with van der Waals surface area (Å²) in [5.41, 5.74) is 1.04. The molecule has 2 atom stereocenters. The van der Waals surface area contributed by atoms with Crippen LogP contribution in [-0.2, 0) is 19.9 Å². The van der Waals surface area contributed by atoms with Crippen molar-refractivity contribution in [1.29, 1.82) is 0 Å².